The number of amides is 1. The van der Waals surface area contributed by atoms with Crippen LogP contribution < -0.4 is 5.32 Å². The van der Waals surface area contributed by atoms with E-state index in [-0.39, 0.29) is 30.0 Å². The molecule has 0 aliphatic heterocycles. The first-order valence-electron chi connectivity index (χ1n) is 10.5. The molecule has 1 saturated carbocycles. The Morgan fingerprint density at radius 3 is 2.57 bits per heavy atom. The average molecular weight is 412 g/mol. The van der Waals surface area contributed by atoms with Crippen molar-refractivity contribution < 1.29 is 18.7 Å². The van der Waals surface area contributed by atoms with Gasteiger partial charge in [-0.2, -0.15) is 0 Å². The minimum Gasteiger partial charge on any atom is -0.391 e. The van der Waals surface area contributed by atoms with Gasteiger partial charge in [0.2, 0.25) is 5.91 Å². The van der Waals surface area contributed by atoms with Crippen molar-refractivity contribution in [2.75, 3.05) is 0 Å². The van der Waals surface area contributed by atoms with Crippen LogP contribution in [0, 0.1) is 11.6 Å². The summed E-state index contributed by atoms with van der Waals surface area (Å²) in [7, 11) is 0. The lowest BCUT2D eigenvalue weighted by atomic mass is 10.00. The molecule has 0 unspecified atom stereocenters. The molecule has 3 N–H and O–H groups in total. The van der Waals surface area contributed by atoms with Gasteiger partial charge in [0.1, 0.15) is 11.6 Å². The molecular weight excluding hydrogens is 386 g/mol. The van der Waals surface area contributed by atoms with Crippen LogP contribution in [0.3, 0.4) is 0 Å². The number of aliphatic hydroxyl groups is 1. The first-order valence-corrected chi connectivity index (χ1v) is 10.5. The standard InChI is InChI=1S/C24H26F2N2O2/c25-16-8-6-15(7-9-16)24-18(19-14-17(26)10-12-20(19)28-24)11-13-23(30)27-21-4-2-1-3-5-22(21)29/h6-10,12,14,21-22,28-29H,1-5,11,13H2,(H,27,30)/t21-,22-/m1/s1. The normalized spacial score (nSPS) is 19.6. The van der Waals surface area contributed by atoms with Gasteiger partial charge in [0.05, 0.1) is 12.1 Å². The summed E-state index contributed by atoms with van der Waals surface area (Å²) in [5.74, 6) is -0.806. The minimum absolute atomic E-state index is 0.128. The summed E-state index contributed by atoms with van der Waals surface area (Å²) in [4.78, 5) is 15.9. The number of aliphatic hydroxyl groups excluding tert-OH is 1. The Labute approximate surface area is 174 Å². The number of aryl methyl sites for hydroxylation is 1. The van der Waals surface area contributed by atoms with Gasteiger partial charge in [0.15, 0.2) is 0 Å². The number of halogens is 2. The number of H-pyrrole nitrogens is 1. The average Bonchev–Trinajstić information content (AvgIpc) is 2.96. The quantitative estimate of drug-likeness (QED) is 0.524. The number of benzene rings is 2. The number of hydrogen-bond donors (Lipinski definition) is 3. The number of hydrogen-bond acceptors (Lipinski definition) is 2. The minimum atomic E-state index is -0.506. The third-order valence-electron chi connectivity index (χ3n) is 5.93. The van der Waals surface area contributed by atoms with E-state index in [9.17, 15) is 18.7 Å². The third-order valence-corrected chi connectivity index (χ3v) is 5.93. The Kier molecular flexibility index (Phi) is 6.13. The van der Waals surface area contributed by atoms with Gasteiger partial charge >= 0.3 is 0 Å². The molecule has 1 amide bonds. The second-order valence-corrected chi connectivity index (χ2v) is 8.05. The van der Waals surface area contributed by atoms with Crippen molar-refractivity contribution in [3.8, 4) is 11.3 Å². The summed E-state index contributed by atoms with van der Waals surface area (Å²) in [5.41, 5.74) is 3.14. The Hall–Kier alpha value is -2.73. The van der Waals surface area contributed by atoms with Crippen LogP contribution in [-0.2, 0) is 11.2 Å². The van der Waals surface area contributed by atoms with Gasteiger partial charge in [-0.25, -0.2) is 8.78 Å². The molecule has 1 heterocycles. The van der Waals surface area contributed by atoms with Crippen molar-refractivity contribution in [2.24, 2.45) is 0 Å². The monoisotopic (exact) mass is 412 g/mol. The molecule has 158 valence electrons. The van der Waals surface area contributed by atoms with Gasteiger partial charge in [-0.15, -0.1) is 0 Å². The van der Waals surface area contributed by atoms with E-state index in [1.54, 1.807) is 18.2 Å². The van der Waals surface area contributed by atoms with Gasteiger partial charge in [-0.3, -0.25) is 4.79 Å². The zero-order valence-electron chi connectivity index (χ0n) is 16.8. The van der Waals surface area contributed by atoms with E-state index in [0.29, 0.717) is 12.8 Å². The van der Waals surface area contributed by atoms with Crippen LogP contribution in [0.2, 0.25) is 0 Å². The highest BCUT2D eigenvalue weighted by atomic mass is 19.1. The fourth-order valence-electron chi connectivity index (χ4n) is 4.32. The number of nitrogens with one attached hydrogen (secondary N) is 2. The lowest BCUT2D eigenvalue weighted by Gasteiger charge is -2.21. The van der Waals surface area contributed by atoms with Crippen molar-refractivity contribution in [3.63, 3.8) is 0 Å². The van der Waals surface area contributed by atoms with E-state index < -0.39 is 6.10 Å². The van der Waals surface area contributed by atoms with Crippen molar-refractivity contribution in [1.29, 1.82) is 0 Å². The van der Waals surface area contributed by atoms with Gasteiger partial charge in [0, 0.05) is 23.0 Å². The van der Waals surface area contributed by atoms with Crippen LogP contribution in [0.4, 0.5) is 8.78 Å². The molecule has 2 atom stereocenters. The summed E-state index contributed by atoms with van der Waals surface area (Å²) in [6.07, 6.45) is 4.67. The van der Waals surface area contributed by atoms with Gasteiger partial charge in [-0.1, -0.05) is 19.3 Å². The number of aromatic amines is 1. The highest BCUT2D eigenvalue weighted by Gasteiger charge is 2.23. The molecule has 1 aromatic heterocycles. The Morgan fingerprint density at radius 1 is 1.03 bits per heavy atom. The van der Waals surface area contributed by atoms with Crippen LogP contribution in [0.1, 0.15) is 44.1 Å². The fourth-order valence-corrected chi connectivity index (χ4v) is 4.32. The molecule has 0 bridgehead atoms. The van der Waals surface area contributed by atoms with Crippen LogP contribution >= 0.6 is 0 Å². The lowest BCUT2D eigenvalue weighted by Crippen LogP contribution is -2.42. The van der Waals surface area contributed by atoms with Crippen LogP contribution in [-0.4, -0.2) is 28.1 Å². The van der Waals surface area contributed by atoms with Crippen LogP contribution in [0.25, 0.3) is 22.2 Å². The molecule has 6 heteroatoms. The first kappa shape index (κ1) is 20.5. The maximum Gasteiger partial charge on any atom is 0.220 e. The highest BCUT2D eigenvalue weighted by Crippen LogP contribution is 2.32. The Bertz CT molecular complexity index is 1030. The molecule has 1 aliphatic carbocycles. The molecule has 3 aromatic rings. The van der Waals surface area contributed by atoms with E-state index >= 15 is 0 Å². The molecule has 1 aliphatic rings. The molecule has 0 spiro atoms. The van der Waals surface area contributed by atoms with E-state index in [4.69, 9.17) is 0 Å². The van der Waals surface area contributed by atoms with Crippen LogP contribution in [0.5, 0.6) is 0 Å². The highest BCUT2D eigenvalue weighted by molar-refractivity contribution is 5.91. The topological polar surface area (TPSA) is 65.1 Å². The molecule has 1 fully saturated rings. The van der Waals surface area contributed by atoms with E-state index in [1.165, 1.54) is 24.3 Å². The van der Waals surface area contributed by atoms with E-state index in [1.807, 2.05) is 0 Å². The number of fused-ring (bicyclic) bond motifs is 1. The summed E-state index contributed by atoms with van der Waals surface area (Å²) in [6, 6.07) is 10.4. The van der Waals surface area contributed by atoms with Crippen molar-refractivity contribution in [1.82, 2.24) is 10.3 Å². The summed E-state index contributed by atoms with van der Waals surface area (Å²) >= 11 is 0. The molecule has 2 aromatic carbocycles. The third kappa shape index (κ3) is 4.54. The zero-order chi connectivity index (χ0) is 21.1. The number of carbonyl (C=O) groups is 1. The summed E-state index contributed by atoms with van der Waals surface area (Å²) < 4.78 is 27.3. The van der Waals surface area contributed by atoms with Gasteiger partial charge < -0.3 is 15.4 Å². The summed E-state index contributed by atoms with van der Waals surface area (Å²) in [6.45, 7) is 0. The largest absolute Gasteiger partial charge is 0.391 e. The second kappa shape index (κ2) is 8.96. The molecular formula is C24H26F2N2O2. The first-order chi connectivity index (χ1) is 14.5. The zero-order valence-corrected chi connectivity index (χ0v) is 16.8. The summed E-state index contributed by atoms with van der Waals surface area (Å²) in [5, 5.41) is 13.9. The SMILES string of the molecule is O=C(CCc1c(-c2ccc(F)cc2)[nH]c2ccc(F)cc12)N[C@@H]1CCCCC[C@H]1O. The number of carbonyl (C=O) groups excluding carboxylic acids is 1. The number of aromatic nitrogens is 1. The Morgan fingerprint density at radius 2 is 1.77 bits per heavy atom. The maximum absolute atomic E-state index is 13.9. The molecule has 4 rings (SSSR count). The van der Waals surface area contributed by atoms with E-state index in [2.05, 4.69) is 10.3 Å². The lowest BCUT2D eigenvalue weighted by molar-refractivity contribution is -0.122. The smallest absolute Gasteiger partial charge is 0.220 e. The predicted molar refractivity (Wildman–Crippen MR) is 113 cm³/mol. The second-order valence-electron chi connectivity index (χ2n) is 8.05. The molecule has 4 nitrogen and oxygen atoms in total. The van der Waals surface area contributed by atoms with Crippen molar-refractivity contribution >= 4 is 16.8 Å². The predicted octanol–water partition coefficient (Wildman–Crippen LogP) is 4.86. The van der Waals surface area contributed by atoms with Crippen molar-refractivity contribution in [3.05, 3.63) is 59.7 Å². The van der Waals surface area contributed by atoms with Crippen LogP contribution in [0.15, 0.2) is 42.5 Å². The molecule has 0 radical (unpaired) electrons. The fraction of sp³-hybridized carbons (Fsp3) is 0.375. The molecule has 0 saturated heterocycles. The van der Waals surface area contributed by atoms with Gasteiger partial charge in [0.25, 0.3) is 0 Å². The van der Waals surface area contributed by atoms with Crippen molar-refractivity contribution in [2.45, 2.75) is 57.1 Å². The number of rotatable bonds is 5. The molecule has 30 heavy (non-hydrogen) atoms. The maximum atomic E-state index is 13.9. The van der Waals surface area contributed by atoms with Gasteiger partial charge in [-0.05, 0) is 72.9 Å². The van der Waals surface area contributed by atoms with E-state index in [0.717, 1.165) is 53.4 Å². The Balaban J connectivity index is 1.56.